The number of carbonyl (C=O) groups excluding carboxylic acids is 1. The van der Waals surface area contributed by atoms with E-state index in [1.165, 1.54) is 0 Å². The van der Waals surface area contributed by atoms with E-state index in [0.717, 1.165) is 32.8 Å². The lowest BCUT2D eigenvalue weighted by Crippen LogP contribution is -2.28. The monoisotopic (exact) mass is 486 g/mol. The van der Waals surface area contributed by atoms with Crippen LogP contribution >= 0.6 is 6.89 Å². The Morgan fingerprint density at radius 2 is 1.08 bits per heavy atom. The first-order chi connectivity index (χ1) is 17.7. The fraction of sp³-hybridized carbons (Fsp3) is 0.0303. The summed E-state index contributed by atoms with van der Waals surface area (Å²) in [6.07, 6.45) is 0. The predicted molar refractivity (Wildman–Crippen MR) is 154 cm³/mol. The molecule has 176 valence electrons. The van der Waals surface area contributed by atoms with Crippen LogP contribution in [0, 0.1) is 0 Å². The standard InChI is InChI=1S/C33H27O2P/c1-35-29-22-20-26(21-23-29)27-12-11-13-28(24-27)33(34)25-36(30-14-5-2-6-15-30,31-16-7-3-8-17-31)32-18-9-4-10-19-32/h2-25H,1H3. The molecule has 5 aromatic rings. The molecule has 0 amide bonds. The van der Waals surface area contributed by atoms with E-state index in [1.54, 1.807) is 7.11 Å². The van der Waals surface area contributed by atoms with E-state index in [1.807, 2.05) is 72.5 Å². The average molecular weight is 487 g/mol. The smallest absolute Gasteiger partial charge is 0.186 e. The quantitative estimate of drug-likeness (QED) is 0.198. The maximum atomic E-state index is 14.0. The highest BCUT2D eigenvalue weighted by Gasteiger charge is 2.26. The maximum Gasteiger partial charge on any atom is 0.186 e. The first kappa shape index (κ1) is 23.6. The Labute approximate surface area is 212 Å². The molecule has 0 radical (unpaired) electrons. The van der Waals surface area contributed by atoms with Gasteiger partial charge in [0.05, 0.1) is 7.11 Å². The number of ketones is 1. The molecule has 0 bridgehead atoms. The van der Waals surface area contributed by atoms with E-state index >= 15 is 0 Å². The summed E-state index contributed by atoms with van der Waals surface area (Å²) in [6, 6.07) is 47.0. The van der Waals surface area contributed by atoms with E-state index in [-0.39, 0.29) is 5.78 Å². The molecule has 0 aliphatic carbocycles. The highest BCUT2D eigenvalue weighted by molar-refractivity contribution is 7.95. The van der Waals surface area contributed by atoms with E-state index in [0.29, 0.717) is 5.56 Å². The van der Waals surface area contributed by atoms with Crippen molar-refractivity contribution in [1.82, 2.24) is 0 Å². The molecule has 0 N–H and O–H groups in total. The van der Waals surface area contributed by atoms with Crippen LogP contribution in [-0.4, -0.2) is 18.7 Å². The number of rotatable bonds is 7. The Balaban J connectivity index is 1.70. The number of ether oxygens (including phenoxy) is 1. The second kappa shape index (κ2) is 10.6. The van der Waals surface area contributed by atoms with Gasteiger partial charge < -0.3 is 4.74 Å². The van der Waals surface area contributed by atoms with Crippen molar-refractivity contribution in [2.24, 2.45) is 0 Å². The summed E-state index contributed by atoms with van der Waals surface area (Å²) in [5.41, 5.74) is 2.72. The van der Waals surface area contributed by atoms with E-state index < -0.39 is 6.89 Å². The van der Waals surface area contributed by atoms with Crippen LogP contribution in [0.25, 0.3) is 11.1 Å². The topological polar surface area (TPSA) is 26.3 Å². The van der Waals surface area contributed by atoms with Crippen LogP contribution in [0.4, 0.5) is 0 Å². The number of hydrogen-bond acceptors (Lipinski definition) is 2. The van der Waals surface area contributed by atoms with Gasteiger partial charge in [-0.15, -0.1) is 0 Å². The first-order valence-corrected chi connectivity index (χ1v) is 13.8. The lowest BCUT2D eigenvalue weighted by atomic mass is 10.0. The summed E-state index contributed by atoms with van der Waals surface area (Å²) in [4.78, 5) is 14.0. The number of Topliss-reactive ketones (excluding diaryl/α,β-unsaturated/α-hetero) is 1. The van der Waals surface area contributed by atoms with Crippen LogP contribution < -0.4 is 20.7 Å². The molecule has 0 unspecified atom stereocenters. The zero-order valence-electron chi connectivity index (χ0n) is 20.1. The molecule has 3 heteroatoms. The molecular weight excluding hydrogens is 459 g/mol. The maximum absolute atomic E-state index is 14.0. The molecule has 0 aliphatic rings. The second-order valence-corrected chi connectivity index (χ2v) is 11.8. The molecule has 5 rings (SSSR count). The third-order valence-electron chi connectivity index (χ3n) is 6.37. The fourth-order valence-corrected chi connectivity index (χ4v) is 8.32. The van der Waals surface area contributed by atoms with Crippen LogP contribution in [0.5, 0.6) is 5.75 Å². The van der Waals surface area contributed by atoms with Gasteiger partial charge in [-0.05, 0) is 57.9 Å². The van der Waals surface area contributed by atoms with E-state index in [2.05, 4.69) is 72.8 Å². The summed E-state index contributed by atoms with van der Waals surface area (Å²) >= 11 is 0. The van der Waals surface area contributed by atoms with Crippen LogP contribution in [0.1, 0.15) is 10.4 Å². The molecule has 0 saturated carbocycles. The van der Waals surface area contributed by atoms with Crippen molar-refractivity contribution in [2.45, 2.75) is 0 Å². The van der Waals surface area contributed by atoms with Gasteiger partial charge in [-0.3, -0.25) is 4.79 Å². The Kier molecular flexibility index (Phi) is 6.98. The third-order valence-corrected chi connectivity index (χ3v) is 10.3. The summed E-state index contributed by atoms with van der Waals surface area (Å²) < 4.78 is 5.29. The molecule has 0 aliphatic heterocycles. The number of hydrogen-bond donors (Lipinski definition) is 0. The molecule has 36 heavy (non-hydrogen) atoms. The molecule has 0 aromatic heterocycles. The molecule has 2 nitrogen and oxygen atoms in total. The van der Waals surface area contributed by atoms with Gasteiger partial charge >= 0.3 is 0 Å². The van der Waals surface area contributed by atoms with Gasteiger partial charge in [0.1, 0.15) is 5.75 Å². The number of carbonyl (C=O) groups is 1. The van der Waals surface area contributed by atoms with Gasteiger partial charge in [0.25, 0.3) is 0 Å². The second-order valence-electron chi connectivity index (χ2n) is 8.53. The molecule has 0 heterocycles. The van der Waals surface area contributed by atoms with Gasteiger partial charge in [0.15, 0.2) is 5.78 Å². The van der Waals surface area contributed by atoms with Crippen molar-refractivity contribution in [3.8, 4) is 16.9 Å². The summed E-state index contributed by atoms with van der Waals surface area (Å²) in [7, 11) is 1.66. The van der Waals surface area contributed by atoms with Gasteiger partial charge in [-0.25, -0.2) is 0 Å². The van der Waals surface area contributed by atoms with Gasteiger partial charge in [0, 0.05) is 5.56 Å². The summed E-state index contributed by atoms with van der Waals surface area (Å²) in [5.74, 6) is 2.82. The SMILES string of the molecule is COc1ccc(-c2cccc(C(=O)C=P(c3ccccc3)(c3ccccc3)c3ccccc3)c2)cc1. The fourth-order valence-electron chi connectivity index (χ4n) is 4.55. The first-order valence-electron chi connectivity index (χ1n) is 11.9. The molecule has 0 atom stereocenters. The third kappa shape index (κ3) is 4.69. The minimum absolute atomic E-state index is 0.0234. The minimum Gasteiger partial charge on any atom is -0.497 e. The zero-order chi connectivity index (χ0) is 24.8. The number of benzene rings is 5. The van der Waals surface area contributed by atoms with E-state index in [4.69, 9.17) is 4.74 Å². The molecule has 5 aromatic carbocycles. The van der Waals surface area contributed by atoms with Crippen LogP contribution in [0.3, 0.4) is 0 Å². The Bertz CT molecular complexity index is 1400. The molecule has 0 fully saturated rings. The lowest BCUT2D eigenvalue weighted by molar-refractivity contribution is 0.107. The Morgan fingerprint density at radius 3 is 1.56 bits per heavy atom. The Hall–Kier alpha value is -4.13. The van der Waals surface area contributed by atoms with Crippen LogP contribution in [0.15, 0.2) is 140 Å². The lowest BCUT2D eigenvalue weighted by Gasteiger charge is -2.28. The largest absolute Gasteiger partial charge is 0.497 e. The van der Waals surface area contributed by atoms with Crippen molar-refractivity contribution >= 4 is 34.4 Å². The van der Waals surface area contributed by atoms with Crippen molar-refractivity contribution in [3.05, 3.63) is 145 Å². The summed E-state index contributed by atoms with van der Waals surface area (Å²) in [6.45, 7) is -2.36. The van der Waals surface area contributed by atoms with Crippen LogP contribution in [-0.2, 0) is 0 Å². The van der Waals surface area contributed by atoms with Crippen molar-refractivity contribution in [2.75, 3.05) is 7.11 Å². The zero-order valence-corrected chi connectivity index (χ0v) is 21.0. The molecular formula is C33H27O2P. The normalized spacial score (nSPS) is 11.0. The van der Waals surface area contributed by atoms with Gasteiger partial charge in [0.2, 0.25) is 0 Å². The highest BCUT2D eigenvalue weighted by Crippen LogP contribution is 2.44. The van der Waals surface area contributed by atoms with Crippen LogP contribution in [0.2, 0.25) is 0 Å². The molecule has 0 spiro atoms. The summed E-state index contributed by atoms with van der Waals surface area (Å²) in [5, 5.41) is 3.46. The average Bonchev–Trinajstić information content (AvgIpc) is 2.97. The predicted octanol–water partition coefficient (Wildman–Crippen LogP) is 6.34. The van der Waals surface area contributed by atoms with Crippen molar-refractivity contribution < 1.29 is 9.53 Å². The van der Waals surface area contributed by atoms with Crippen molar-refractivity contribution in [1.29, 1.82) is 0 Å². The van der Waals surface area contributed by atoms with Gasteiger partial charge in [-0.2, -0.15) is 0 Å². The minimum atomic E-state index is -2.36. The van der Waals surface area contributed by atoms with Gasteiger partial charge in [-0.1, -0.05) is 121 Å². The van der Waals surface area contributed by atoms with Crippen molar-refractivity contribution in [3.63, 3.8) is 0 Å². The highest BCUT2D eigenvalue weighted by atomic mass is 31.2. The Morgan fingerprint density at radius 1 is 0.583 bits per heavy atom. The number of methoxy groups -OCH3 is 1. The van der Waals surface area contributed by atoms with E-state index in [9.17, 15) is 4.79 Å². The molecule has 0 saturated heterocycles.